The van der Waals surface area contributed by atoms with Gasteiger partial charge in [0.05, 0.1) is 6.61 Å². The van der Waals surface area contributed by atoms with Crippen LogP contribution in [-0.2, 0) is 9.53 Å². The summed E-state index contributed by atoms with van der Waals surface area (Å²) in [6, 6.07) is 0. The third kappa shape index (κ3) is 3.91. The monoisotopic (exact) mass is 346 g/mol. The number of aliphatic hydroxyl groups excluding tert-OH is 1. The molecule has 2 rings (SSSR count). The number of likely N-dealkylation sites (tertiary alicyclic amines) is 1. The van der Waals surface area contributed by atoms with Crippen molar-refractivity contribution in [2.24, 2.45) is 10.8 Å². The Kier molecular flexibility index (Phi) is 5.16. The zero-order valence-electron chi connectivity index (χ0n) is 14.2. The molecule has 0 bridgehead atoms. The predicted molar refractivity (Wildman–Crippen MR) is 87.3 cm³/mol. The highest BCUT2D eigenvalue weighted by molar-refractivity contribution is 6.27. The van der Waals surface area contributed by atoms with Gasteiger partial charge in [0.2, 0.25) is 5.91 Å². The number of piperidine rings is 1. The second-order valence-corrected chi connectivity index (χ2v) is 8.04. The summed E-state index contributed by atoms with van der Waals surface area (Å²) in [5.41, 5.74) is -0.749. The summed E-state index contributed by atoms with van der Waals surface area (Å²) in [5, 5.41) is 12.6. The summed E-state index contributed by atoms with van der Waals surface area (Å²) in [4.78, 5) is 25.2. The van der Waals surface area contributed by atoms with Crippen LogP contribution in [0.5, 0.6) is 0 Å². The fourth-order valence-corrected chi connectivity index (χ4v) is 3.69. The average Bonchev–Trinajstić information content (AvgIpc) is 3.10. The van der Waals surface area contributed by atoms with Gasteiger partial charge in [-0.1, -0.05) is 0 Å². The maximum atomic E-state index is 12.1. The molecule has 1 heterocycles. The summed E-state index contributed by atoms with van der Waals surface area (Å²) in [7, 11) is 0. The summed E-state index contributed by atoms with van der Waals surface area (Å²) in [6.45, 7) is 7.30. The number of carbonyl (C=O) groups is 2. The molecule has 1 saturated carbocycles. The molecule has 0 aromatic heterocycles. The number of aliphatic hydroxyl groups is 1. The number of alkyl halides is 1. The smallest absolute Gasteiger partial charge is 0.410 e. The number of halogens is 1. The number of hydrogen-bond donors (Lipinski definition) is 2. The van der Waals surface area contributed by atoms with Crippen molar-refractivity contribution in [3.8, 4) is 0 Å². The van der Waals surface area contributed by atoms with Gasteiger partial charge < -0.3 is 20.1 Å². The molecule has 2 fully saturated rings. The Morgan fingerprint density at radius 2 is 1.91 bits per heavy atom. The molecule has 1 atom stereocenters. The first-order valence-corrected chi connectivity index (χ1v) is 8.62. The molecule has 7 heteroatoms. The van der Waals surface area contributed by atoms with E-state index in [-0.39, 0.29) is 35.3 Å². The minimum absolute atomic E-state index is 0.0137. The van der Waals surface area contributed by atoms with E-state index in [9.17, 15) is 14.7 Å². The van der Waals surface area contributed by atoms with Crippen LogP contribution in [0.1, 0.15) is 40.0 Å². The molecule has 6 nitrogen and oxygen atoms in total. The van der Waals surface area contributed by atoms with Crippen LogP contribution >= 0.6 is 11.6 Å². The zero-order chi connectivity index (χ0) is 17.3. The van der Waals surface area contributed by atoms with Crippen LogP contribution in [0, 0.1) is 10.8 Å². The molecule has 1 unspecified atom stereocenters. The lowest BCUT2D eigenvalue weighted by Crippen LogP contribution is -2.45. The van der Waals surface area contributed by atoms with Crippen LogP contribution in [0.4, 0.5) is 4.79 Å². The number of nitrogens with zero attached hydrogens (tertiary/aromatic N) is 1. The van der Waals surface area contributed by atoms with E-state index in [0.717, 1.165) is 19.3 Å². The highest BCUT2D eigenvalue weighted by Crippen LogP contribution is 2.68. The van der Waals surface area contributed by atoms with Gasteiger partial charge in [-0.2, -0.15) is 0 Å². The topological polar surface area (TPSA) is 78.9 Å². The largest absolute Gasteiger partial charge is 0.444 e. The Bertz CT molecular complexity index is 469. The molecular weight excluding hydrogens is 320 g/mol. The lowest BCUT2D eigenvalue weighted by molar-refractivity contribution is -0.119. The normalized spacial score (nSPS) is 26.0. The van der Waals surface area contributed by atoms with Gasteiger partial charge in [-0.25, -0.2) is 4.79 Å². The van der Waals surface area contributed by atoms with Crippen LogP contribution in [-0.4, -0.2) is 59.7 Å². The van der Waals surface area contributed by atoms with E-state index in [4.69, 9.17) is 16.3 Å². The van der Waals surface area contributed by atoms with E-state index in [0.29, 0.717) is 19.6 Å². The number of carbonyl (C=O) groups excluding carboxylic acids is 2. The van der Waals surface area contributed by atoms with E-state index in [1.165, 1.54) is 0 Å². The molecule has 1 spiro atoms. The minimum Gasteiger partial charge on any atom is -0.444 e. The maximum Gasteiger partial charge on any atom is 0.410 e. The molecule has 0 aromatic carbocycles. The van der Waals surface area contributed by atoms with Gasteiger partial charge in [0.25, 0.3) is 0 Å². The van der Waals surface area contributed by atoms with Gasteiger partial charge in [-0.05, 0) is 45.4 Å². The third-order valence-corrected chi connectivity index (χ3v) is 5.34. The van der Waals surface area contributed by atoms with Crippen LogP contribution in [0.3, 0.4) is 0 Å². The number of amides is 2. The van der Waals surface area contributed by atoms with Crippen LogP contribution in [0.2, 0.25) is 0 Å². The second kappa shape index (κ2) is 6.48. The molecule has 1 aliphatic carbocycles. The van der Waals surface area contributed by atoms with E-state index in [2.05, 4.69) is 5.32 Å². The molecular formula is C16H27ClN2O4. The van der Waals surface area contributed by atoms with Gasteiger partial charge in [0.15, 0.2) is 0 Å². The Balaban J connectivity index is 1.89. The lowest BCUT2D eigenvalue weighted by Gasteiger charge is -2.36. The van der Waals surface area contributed by atoms with E-state index in [1.54, 1.807) is 4.90 Å². The van der Waals surface area contributed by atoms with Crippen molar-refractivity contribution in [1.29, 1.82) is 0 Å². The molecule has 0 radical (unpaired) electrons. The van der Waals surface area contributed by atoms with Crippen molar-refractivity contribution < 1.29 is 19.4 Å². The Labute approximate surface area is 142 Å². The van der Waals surface area contributed by atoms with Gasteiger partial charge in [0, 0.05) is 25.0 Å². The Morgan fingerprint density at radius 3 is 2.39 bits per heavy atom. The molecule has 2 amide bonds. The average molecular weight is 347 g/mol. The molecule has 0 aromatic rings. The quantitative estimate of drug-likeness (QED) is 0.760. The van der Waals surface area contributed by atoms with Crippen molar-refractivity contribution in [2.75, 3.05) is 32.1 Å². The highest BCUT2D eigenvalue weighted by atomic mass is 35.5. The SMILES string of the molecule is CC(C)(C)OC(=O)N1CCC2(CC1)CC2(CO)CNC(=O)CCl. The standard InChI is InChI=1S/C16H27ClN2O4/c1-14(2,3)23-13(22)19-6-4-15(5-7-19)9-16(15,11-20)10-18-12(21)8-17/h20H,4-11H2,1-3H3,(H,18,21). The van der Waals surface area contributed by atoms with Crippen LogP contribution in [0.15, 0.2) is 0 Å². The molecule has 2 N–H and O–H groups in total. The number of hydrogen-bond acceptors (Lipinski definition) is 4. The maximum absolute atomic E-state index is 12.1. The van der Waals surface area contributed by atoms with Gasteiger partial charge >= 0.3 is 6.09 Å². The second-order valence-electron chi connectivity index (χ2n) is 7.77. The summed E-state index contributed by atoms with van der Waals surface area (Å²) in [6.07, 6.45) is 2.24. The Morgan fingerprint density at radius 1 is 1.30 bits per heavy atom. The fourth-order valence-electron chi connectivity index (χ4n) is 3.60. The van der Waals surface area contributed by atoms with Crippen molar-refractivity contribution in [3.05, 3.63) is 0 Å². The molecule has 23 heavy (non-hydrogen) atoms. The first-order valence-electron chi connectivity index (χ1n) is 8.08. The first kappa shape index (κ1) is 18.3. The fraction of sp³-hybridized carbons (Fsp3) is 0.875. The molecule has 1 aliphatic heterocycles. The molecule has 132 valence electrons. The van der Waals surface area contributed by atoms with Crippen LogP contribution < -0.4 is 5.32 Å². The van der Waals surface area contributed by atoms with E-state index < -0.39 is 5.60 Å². The van der Waals surface area contributed by atoms with Crippen molar-refractivity contribution in [3.63, 3.8) is 0 Å². The number of nitrogens with one attached hydrogen (secondary N) is 1. The third-order valence-electron chi connectivity index (χ3n) is 5.10. The van der Waals surface area contributed by atoms with Gasteiger partial charge in [-0.3, -0.25) is 4.79 Å². The predicted octanol–water partition coefficient (Wildman–Crippen LogP) is 1.74. The number of rotatable bonds is 4. The zero-order valence-corrected chi connectivity index (χ0v) is 14.9. The Hall–Kier alpha value is -1.01. The number of ether oxygens (including phenoxy) is 1. The van der Waals surface area contributed by atoms with Crippen LogP contribution in [0.25, 0.3) is 0 Å². The van der Waals surface area contributed by atoms with Crippen molar-refractivity contribution in [1.82, 2.24) is 10.2 Å². The summed E-state index contributed by atoms with van der Waals surface area (Å²) in [5.74, 6) is -0.284. The van der Waals surface area contributed by atoms with Crippen molar-refractivity contribution in [2.45, 2.75) is 45.6 Å². The molecule has 1 saturated heterocycles. The van der Waals surface area contributed by atoms with Gasteiger partial charge in [0.1, 0.15) is 11.5 Å². The molecule has 2 aliphatic rings. The minimum atomic E-state index is -0.494. The van der Waals surface area contributed by atoms with E-state index >= 15 is 0 Å². The van der Waals surface area contributed by atoms with Gasteiger partial charge in [-0.15, -0.1) is 11.6 Å². The van der Waals surface area contributed by atoms with Crippen molar-refractivity contribution >= 4 is 23.6 Å². The summed E-state index contributed by atoms with van der Waals surface area (Å²) < 4.78 is 5.40. The summed E-state index contributed by atoms with van der Waals surface area (Å²) >= 11 is 5.50. The highest BCUT2D eigenvalue weighted by Gasteiger charge is 2.66. The lowest BCUT2D eigenvalue weighted by atomic mass is 9.84. The van der Waals surface area contributed by atoms with E-state index in [1.807, 2.05) is 20.8 Å². The first-order chi connectivity index (χ1) is 10.7.